The number of aliphatic imine (C=N–C) groups is 1. The first kappa shape index (κ1) is 18.3. The van der Waals surface area contributed by atoms with E-state index in [9.17, 15) is 0 Å². The Morgan fingerprint density at radius 2 is 1.88 bits per heavy atom. The summed E-state index contributed by atoms with van der Waals surface area (Å²) >= 11 is 0. The Morgan fingerprint density at radius 3 is 2.50 bits per heavy atom. The van der Waals surface area contributed by atoms with Crippen molar-refractivity contribution in [1.29, 1.82) is 5.26 Å². The monoisotopic (exact) mass is 328 g/mol. The van der Waals surface area contributed by atoms with E-state index in [-0.39, 0.29) is 0 Å². The number of hydrogen-bond acceptors (Lipinski definition) is 3. The van der Waals surface area contributed by atoms with Crippen molar-refractivity contribution in [3.05, 3.63) is 35.4 Å². The lowest BCUT2D eigenvalue weighted by atomic mass is 10.1. The Hall–Kier alpha value is -2.06. The van der Waals surface area contributed by atoms with Crippen LogP contribution >= 0.6 is 0 Å². The summed E-state index contributed by atoms with van der Waals surface area (Å²) in [6.45, 7) is 2.14. The minimum atomic E-state index is 0.433. The molecule has 5 nitrogen and oxygen atoms in total. The summed E-state index contributed by atoms with van der Waals surface area (Å²) in [5, 5.41) is 15.4. The second-order valence-corrected chi connectivity index (χ2v) is 6.15. The number of nitrogens with zero attached hydrogens (tertiary/aromatic N) is 2. The van der Waals surface area contributed by atoms with Crippen LogP contribution in [0.2, 0.25) is 0 Å². The molecule has 2 rings (SSSR count). The van der Waals surface area contributed by atoms with Crippen LogP contribution < -0.4 is 10.6 Å². The molecule has 1 aliphatic carbocycles. The average Bonchev–Trinajstić information content (AvgIpc) is 2.90. The molecule has 0 spiro atoms. The summed E-state index contributed by atoms with van der Waals surface area (Å²) in [4.78, 5) is 4.22. The van der Waals surface area contributed by atoms with Gasteiger partial charge in [-0.1, -0.05) is 37.8 Å². The molecule has 1 aromatic carbocycles. The van der Waals surface area contributed by atoms with Crippen molar-refractivity contribution in [3.8, 4) is 6.07 Å². The van der Waals surface area contributed by atoms with Crippen molar-refractivity contribution in [2.24, 2.45) is 4.99 Å². The van der Waals surface area contributed by atoms with E-state index >= 15 is 0 Å². The molecule has 0 heterocycles. The molecule has 5 heteroatoms. The number of guanidine groups is 1. The van der Waals surface area contributed by atoms with Crippen molar-refractivity contribution in [2.45, 2.75) is 51.2 Å². The molecule has 0 unspecified atom stereocenters. The molecule has 0 aromatic heterocycles. The molecule has 0 aliphatic heterocycles. The van der Waals surface area contributed by atoms with Crippen LogP contribution in [0.15, 0.2) is 29.3 Å². The van der Waals surface area contributed by atoms with Gasteiger partial charge in [0.1, 0.15) is 0 Å². The Morgan fingerprint density at radius 1 is 1.17 bits per heavy atom. The molecule has 1 aromatic rings. The molecule has 24 heavy (non-hydrogen) atoms. The highest BCUT2D eigenvalue weighted by Crippen LogP contribution is 2.19. The number of ether oxygens (including phenoxy) is 1. The lowest BCUT2D eigenvalue weighted by Gasteiger charge is -2.16. The number of nitriles is 1. The fourth-order valence-electron chi connectivity index (χ4n) is 2.91. The molecule has 2 N–H and O–H groups in total. The van der Waals surface area contributed by atoms with Crippen molar-refractivity contribution >= 4 is 5.96 Å². The SMILES string of the molecule is CN=C(NCCOC1CCCCCC1)NCc1ccc(C#N)cc1. The van der Waals surface area contributed by atoms with Gasteiger partial charge in [-0.15, -0.1) is 0 Å². The Balaban J connectivity index is 1.63. The van der Waals surface area contributed by atoms with Crippen molar-refractivity contribution in [1.82, 2.24) is 10.6 Å². The largest absolute Gasteiger partial charge is 0.376 e. The number of nitrogens with one attached hydrogen (secondary N) is 2. The van der Waals surface area contributed by atoms with Gasteiger partial charge in [-0.05, 0) is 30.5 Å². The van der Waals surface area contributed by atoms with Gasteiger partial charge in [0.2, 0.25) is 0 Å². The molecule has 1 aliphatic rings. The minimum Gasteiger partial charge on any atom is -0.376 e. The summed E-state index contributed by atoms with van der Waals surface area (Å²) in [7, 11) is 1.76. The topological polar surface area (TPSA) is 69.4 Å². The third kappa shape index (κ3) is 6.59. The van der Waals surface area contributed by atoms with Gasteiger partial charge in [0, 0.05) is 20.1 Å². The van der Waals surface area contributed by atoms with Gasteiger partial charge in [0.25, 0.3) is 0 Å². The quantitative estimate of drug-likeness (QED) is 0.364. The van der Waals surface area contributed by atoms with Crippen molar-refractivity contribution in [2.75, 3.05) is 20.2 Å². The molecule has 0 saturated heterocycles. The fraction of sp³-hybridized carbons (Fsp3) is 0.579. The van der Waals surface area contributed by atoms with E-state index in [4.69, 9.17) is 10.00 Å². The first-order valence-corrected chi connectivity index (χ1v) is 8.87. The third-order valence-electron chi connectivity index (χ3n) is 4.32. The predicted octanol–water partition coefficient (Wildman–Crippen LogP) is 2.96. The maximum Gasteiger partial charge on any atom is 0.191 e. The molecule has 0 atom stereocenters. The summed E-state index contributed by atoms with van der Waals surface area (Å²) in [6.07, 6.45) is 8.13. The minimum absolute atomic E-state index is 0.433. The van der Waals surface area contributed by atoms with E-state index in [1.54, 1.807) is 7.05 Å². The van der Waals surface area contributed by atoms with Crippen molar-refractivity contribution in [3.63, 3.8) is 0 Å². The zero-order chi connectivity index (χ0) is 17.0. The second kappa shape index (κ2) is 10.7. The van der Waals surface area contributed by atoms with Gasteiger partial charge in [-0.25, -0.2) is 0 Å². The molecule has 130 valence electrons. The van der Waals surface area contributed by atoms with Crippen molar-refractivity contribution < 1.29 is 4.74 Å². The Bertz CT molecular complexity index is 539. The molecule has 0 radical (unpaired) electrons. The first-order valence-electron chi connectivity index (χ1n) is 8.87. The number of rotatable bonds is 6. The van der Waals surface area contributed by atoms with Gasteiger partial charge in [0.15, 0.2) is 5.96 Å². The zero-order valence-corrected chi connectivity index (χ0v) is 14.6. The predicted molar refractivity (Wildman–Crippen MR) is 96.8 cm³/mol. The molecule has 1 fully saturated rings. The summed E-state index contributed by atoms with van der Waals surface area (Å²) < 4.78 is 5.97. The summed E-state index contributed by atoms with van der Waals surface area (Å²) in [6, 6.07) is 9.68. The Kier molecular flexibility index (Phi) is 8.12. The smallest absolute Gasteiger partial charge is 0.191 e. The van der Waals surface area contributed by atoms with E-state index in [1.807, 2.05) is 24.3 Å². The second-order valence-electron chi connectivity index (χ2n) is 6.15. The van der Waals surface area contributed by atoms with Gasteiger partial charge in [0.05, 0.1) is 24.3 Å². The fourth-order valence-corrected chi connectivity index (χ4v) is 2.91. The summed E-state index contributed by atoms with van der Waals surface area (Å²) in [5.41, 5.74) is 1.79. The van der Waals surface area contributed by atoms with E-state index in [0.717, 1.165) is 18.1 Å². The molecule has 0 amide bonds. The van der Waals surface area contributed by atoms with Crippen LogP contribution in [0.1, 0.15) is 49.7 Å². The van der Waals surface area contributed by atoms with Gasteiger partial charge >= 0.3 is 0 Å². The third-order valence-corrected chi connectivity index (χ3v) is 4.32. The lowest BCUT2D eigenvalue weighted by Crippen LogP contribution is -2.38. The highest BCUT2D eigenvalue weighted by Gasteiger charge is 2.12. The highest BCUT2D eigenvalue weighted by atomic mass is 16.5. The van der Waals surface area contributed by atoms with E-state index in [0.29, 0.717) is 24.8 Å². The number of hydrogen-bond donors (Lipinski definition) is 2. The van der Waals surface area contributed by atoms with Crippen LogP contribution in [0.25, 0.3) is 0 Å². The summed E-state index contributed by atoms with van der Waals surface area (Å²) in [5.74, 6) is 0.767. The van der Waals surface area contributed by atoms with Gasteiger partial charge in [-0.3, -0.25) is 4.99 Å². The molecule has 1 saturated carbocycles. The standard InChI is InChI=1S/C19H28N4O/c1-21-19(23-15-17-10-8-16(14-20)9-11-17)22-12-13-24-18-6-4-2-3-5-7-18/h8-11,18H,2-7,12-13,15H2,1H3,(H2,21,22,23). The molecular weight excluding hydrogens is 300 g/mol. The van der Waals surface area contributed by atoms with Gasteiger partial charge in [-0.2, -0.15) is 5.26 Å². The highest BCUT2D eigenvalue weighted by molar-refractivity contribution is 5.79. The van der Waals surface area contributed by atoms with E-state index in [1.165, 1.54) is 38.5 Å². The maximum atomic E-state index is 8.81. The van der Waals surface area contributed by atoms with Gasteiger partial charge < -0.3 is 15.4 Å². The van der Waals surface area contributed by atoms with E-state index in [2.05, 4.69) is 21.7 Å². The van der Waals surface area contributed by atoms with E-state index < -0.39 is 0 Å². The van der Waals surface area contributed by atoms with Crippen LogP contribution in [0, 0.1) is 11.3 Å². The van der Waals surface area contributed by atoms with Crippen LogP contribution in [-0.2, 0) is 11.3 Å². The van der Waals surface area contributed by atoms with Crippen LogP contribution in [-0.4, -0.2) is 32.3 Å². The van der Waals surface area contributed by atoms with Crippen LogP contribution in [0.3, 0.4) is 0 Å². The molecule has 0 bridgehead atoms. The first-order chi connectivity index (χ1) is 11.8. The maximum absolute atomic E-state index is 8.81. The number of benzene rings is 1. The average molecular weight is 328 g/mol. The normalized spacial score (nSPS) is 16.2. The van der Waals surface area contributed by atoms with Crippen LogP contribution in [0.5, 0.6) is 0 Å². The Labute approximate surface area is 145 Å². The molecular formula is C19H28N4O. The van der Waals surface area contributed by atoms with Crippen LogP contribution in [0.4, 0.5) is 0 Å². The zero-order valence-electron chi connectivity index (χ0n) is 14.6. The lowest BCUT2D eigenvalue weighted by molar-refractivity contribution is 0.0468.